The number of nitrogens with zero attached hydrogens (tertiary/aromatic N) is 2. The zero-order chi connectivity index (χ0) is 26.3. The molecule has 2 amide bonds. The monoisotopic (exact) mass is 505 g/mol. The number of carbonyl (C=O) groups excluding carboxylic acids is 2. The molecule has 0 aliphatic rings. The summed E-state index contributed by atoms with van der Waals surface area (Å²) in [4.78, 5) is 27.8. The van der Waals surface area contributed by atoms with Crippen molar-refractivity contribution >= 4 is 27.5 Å². The molecular formula is C26H36FN3O4S. The van der Waals surface area contributed by atoms with Gasteiger partial charge in [0.15, 0.2) is 0 Å². The number of halogens is 1. The van der Waals surface area contributed by atoms with Gasteiger partial charge in [0.25, 0.3) is 0 Å². The minimum absolute atomic E-state index is 0.0254. The van der Waals surface area contributed by atoms with Crippen LogP contribution in [0.1, 0.15) is 58.1 Å². The van der Waals surface area contributed by atoms with Gasteiger partial charge in [-0.1, -0.05) is 51.1 Å². The molecule has 0 spiro atoms. The highest BCUT2D eigenvalue weighted by atomic mass is 32.2. The molecule has 0 unspecified atom stereocenters. The van der Waals surface area contributed by atoms with Gasteiger partial charge in [0.05, 0.1) is 11.9 Å². The lowest BCUT2D eigenvalue weighted by molar-refractivity contribution is -0.139. The molecular weight excluding hydrogens is 469 g/mol. The predicted molar refractivity (Wildman–Crippen MR) is 137 cm³/mol. The van der Waals surface area contributed by atoms with Gasteiger partial charge in [-0.25, -0.2) is 12.8 Å². The molecule has 0 aliphatic heterocycles. The number of hydrogen-bond acceptors (Lipinski definition) is 4. The Bertz CT molecular complexity index is 1120. The molecule has 0 bridgehead atoms. The highest BCUT2D eigenvalue weighted by Gasteiger charge is 2.31. The van der Waals surface area contributed by atoms with E-state index in [2.05, 4.69) is 5.32 Å². The zero-order valence-electron chi connectivity index (χ0n) is 21.3. The number of benzene rings is 2. The summed E-state index contributed by atoms with van der Waals surface area (Å²) in [5.41, 5.74) is 1.84. The summed E-state index contributed by atoms with van der Waals surface area (Å²) >= 11 is 0. The van der Waals surface area contributed by atoms with Crippen molar-refractivity contribution in [2.24, 2.45) is 0 Å². The lowest BCUT2D eigenvalue weighted by atomic mass is 10.0. The van der Waals surface area contributed by atoms with Crippen LogP contribution in [0.4, 0.5) is 10.1 Å². The summed E-state index contributed by atoms with van der Waals surface area (Å²) in [5.74, 6) is -1.27. The summed E-state index contributed by atoms with van der Waals surface area (Å²) in [6.45, 7) is 8.86. The number of amides is 2. The second-order valence-electron chi connectivity index (χ2n) is 9.13. The molecule has 2 aromatic rings. The number of anilines is 1. The van der Waals surface area contributed by atoms with Crippen LogP contribution in [0.5, 0.6) is 0 Å². The van der Waals surface area contributed by atoms with Crippen LogP contribution in [0, 0.1) is 5.82 Å². The van der Waals surface area contributed by atoms with Crippen LogP contribution in [0.2, 0.25) is 0 Å². The van der Waals surface area contributed by atoms with E-state index in [0.717, 1.165) is 22.5 Å². The molecule has 0 saturated carbocycles. The Morgan fingerprint density at radius 2 is 1.60 bits per heavy atom. The number of sulfonamides is 1. The lowest BCUT2D eigenvalue weighted by Crippen LogP contribution is -2.52. The Morgan fingerprint density at radius 3 is 2.14 bits per heavy atom. The van der Waals surface area contributed by atoms with Gasteiger partial charge < -0.3 is 10.2 Å². The molecule has 0 aromatic heterocycles. The van der Waals surface area contributed by atoms with Gasteiger partial charge in [-0.15, -0.1) is 0 Å². The minimum atomic E-state index is -3.81. The van der Waals surface area contributed by atoms with Crippen LogP contribution >= 0.6 is 0 Å². The second-order valence-corrected chi connectivity index (χ2v) is 11.0. The SMILES string of the molecule is CC[C@@H](C)NC(=O)[C@@H](C)N(Cc1ccc(F)cc1)C(=O)CN(c1ccccc1C(C)C)S(C)(=O)=O. The number of carbonyl (C=O) groups is 2. The molecule has 2 aromatic carbocycles. The fourth-order valence-corrected chi connectivity index (χ4v) is 4.50. The van der Waals surface area contributed by atoms with Crippen LogP contribution in [0.25, 0.3) is 0 Å². The zero-order valence-corrected chi connectivity index (χ0v) is 22.1. The standard InChI is InChI=1S/C26H36FN3O4S/c1-7-19(4)28-26(32)20(5)29(16-21-12-14-22(27)15-13-21)25(31)17-30(35(6,33)34)24-11-9-8-10-23(24)18(2)3/h8-15,18-20H,7,16-17H2,1-6H3,(H,28,32)/t19-,20-/m1/s1. The van der Waals surface area contributed by atoms with E-state index >= 15 is 0 Å². The topological polar surface area (TPSA) is 86.8 Å². The second kappa shape index (κ2) is 12.2. The highest BCUT2D eigenvalue weighted by Crippen LogP contribution is 2.29. The lowest BCUT2D eigenvalue weighted by Gasteiger charge is -2.32. The predicted octanol–water partition coefficient (Wildman–Crippen LogP) is 4.05. The van der Waals surface area contributed by atoms with Gasteiger partial charge >= 0.3 is 0 Å². The van der Waals surface area contributed by atoms with Crippen molar-refractivity contribution in [1.82, 2.24) is 10.2 Å². The molecule has 0 radical (unpaired) electrons. The molecule has 0 heterocycles. The van der Waals surface area contributed by atoms with Crippen molar-refractivity contribution in [3.63, 3.8) is 0 Å². The van der Waals surface area contributed by atoms with Crippen LogP contribution in [-0.2, 0) is 26.2 Å². The summed E-state index contributed by atoms with van der Waals surface area (Å²) in [6, 6.07) is 11.7. The molecule has 9 heteroatoms. The Kier molecular flexibility index (Phi) is 9.82. The van der Waals surface area contributed by atoms with Crippen molar-refractivity contribution in [2.45, 2.75) is 65.6 Å². The Hall–Kier alpha value is -2.94. The van der Waals surface area contributed by atoms with Crippen LogP contribution in [0.3, 0.4) is 0 Å². The highest BCUT2D eigenvalue weighted by molar-refractivity contribution is 7.92. The largest absolute Gasteiger partial charge is 0.352 e. The molecule has 2 atom stereocenters. The van der Waals surface area contributed by atoms with Crippen molar-refractivity contribution in [3.05, 3.63) is 65.5 Å². The quantitative estimate of drug-likeness (QED) is 0.499. The Labute approximate surface area is 208 Å². The maximum Gasteiger partial charge on any atom is 0.244 e. The summed E-state index contributed by atoms with van der Waals surface area (Å²) in [6.07, 6.45) is 1.78. The number of hydrogen-bond donors (Lipinski definition) is 1. The van der Waals surface area contributed by atoms with Gasteiger partial charge in [-0.05, 0) is 55.5 Å². The number of rotatable bonds is 11. The van der Waals surface area contributed by atoms with E-state index in [4.69, 9.17) is 0 Å². The van der Waals surface area contributed by atoms with E-state index in [9.17, 15) is 22.4 Å². The smallest absolute Gasteiger partial charge is 0.244 e. The average Bonchev–Trinajstić information content (AvgIpc) is 2.80. The summed E-state index contributed by atoms with van der Waals surface area (Å²) in [5, 5.41) is 2.87. The fraction of sp³-hybridized carbons (Fsp3) is 0.462. The third kappa shape index (κ3) is 7.78. The molecule has 192 valence electrons. The number of nitrogens with one attached hydrogen (secondary N) is 1. The van der Waals surface area contributed by atoms with Gasteiger partial charge in [0.2, 0.25) is 21.8 Å². The van der Waals surface area contributed by atoms with Gasteiger partial charge in [-0.3, -0.25) is 13.9 Å². The first-order valence-electron chi connectivity index (χ1n) is 11.8. The van der Waals surface area contributed by atoms with Crippen LogP contribution in [-0.4, -0.2) is 50.0 Å². The van der Waals surface area contributed by atoms with Crippen molar-refractivity contribution < 1.29 is 22.4 Å². The average molecular weight is 506 g/mol. The minimum Gasteiger partial charge on any atom is -0.352 e. The van der Waals surface area contributed by atoms with Crippen molar-refractivity contribution in [2.75, 3.05) is 17.1 Å². The van der Waals surface area contributed by atoms with Gasteiger partial charge in [0, 0.05) is 12.6 Å². The maximum absolute atomic E-state index is 13.6. The Morgan fingerprint density at radius 1 is 1.00 bits per heavy atom. The first-order chi connectivity index (χ1) is 16.3. The molecule has 2 rings (SSSR count). The third-order valence-electron chi connectivity index (χ3n) is 5.94. The fourth-order valence-electron chi connectivity index (χ4n) is 3.63. The third-order valence-corrected chi connectivity index (χ3v) is 7.07. The van der Waals surface area contributed by atoms with E-state index in [-0.39, 0.29) is 24.4 Å². The van der Waals surface area contributed by atoms with Crippen molar-refractivity contribution in [1.29, 1.82) is 0 Å². The first kappa shape index (κ1) is 28.3. The van der Waals surface area contributed by atoms with E-state index in [1.54, 1.807) is 19.1 Å². The normalized spacial score (nSPS) is 13.3. The molecule has 0 fully saturated rings. The molecule has 0 aliphatic carbocycles. The van der Waals surface area contributed by atoms with E-state index in [1.165, 1.54) is 29.2 Å². The first-order valence-corrected chi connectivity index (χ1v) is 13.6. The summed E-state index contributed by atoms with van der Waals surface area (Å²) < 4.78 is 40.1. The van der Waals surface area contributed by atoms with Crippen molar-refractivity contribution in [3.8, 4) is 0 Å². The van der Waals surface area contributed by atoms with E-state index < -0.39 is 34.3 Å². The Balaban J connectivity index is 2.44. The van der Waals surface area contributed by atoms with E-state index in [0.29, 0.717) is 11.3 Å². The molecule has 35 heavy (non-hydrogen) atoms. The number of para-hydroxylation sites is 1. The van der Waals surface area contributed by atoms with Gasteiger partial charge in [0.1, 0.15) is 18.4 Å². The van der Waals surface area contributed by atoms with Gasteiger partial charge in [-0.2, -0.15) is 0 Å². The molecule has 1 N–H and O–H groups in total. The molecule has 0 saturated heterocycles. The van der Waals surface area contributed by atoms with Crippen LogP contribution < -0.4 is 9.62 Å². The summed E-state index contributed by atoms with van der Waals surface area (Å²) in [7, 11) is -3.81. The maximum atomic E-state index is 13.6. The van der Waals surface area contributed by atoms with E-state index in [1.807, 2.05) is 39.8 Å². The van der Waals surface area contributed by atoms with Crippen LogP contribution in [0.15, 0.2) is 48.5 Å². The molecule has 7 nitrogen and oxygen atoms in total.